The molecule has 1 aromatic heterocycles. The number of benzene rings is 1. The Bertz CT molecular complexity index is 478. The van der Waals surface area contributed by atoms with Gasteiger partial charge in [0.25, 0.3) is 0 Å². The second-order valence-electron chi connectivity index (χ2n) is 3.80. The fourth-order valence-corrected chi connectivity index (χ4v) is 1.65. The van der Waals surface area contributed by atoms with Crippen LogP contribution in [0, 0.1) is 0 Å². The van der Waals surface area contributed by atoms with E-state index in [-0.39, 0.29) is 0 Å². The molecule has 0 aliphatic rings. The third-order valence-electron chi connectivity index (χ3n) is 2.40. The maximum Gasteiger partial charge on any atom is 0.0716 e. The second kappa shape index (κ2) is 4.54. The lowest BCUT2D eigenvalue weighted by Gasteiger charge is -2.12. The van der Waals surface area contributed by atoms with E-state index in [0.29, 0.717) is 5.02 Å². The van der Waals surface area contributed by atoms with Gasteiger partial charge in [-0.3, -0.25) is 4.98 Å². The van der Waals surface area contributed by atoms with Crippen LogP contribution < -0.4 is 4.90 Å². The standard InChI is InChI=1S/C13H13ClN2/c1-16(2)12-5-3-10(4-6-12)13-9-11(14)7-8-15-13/h3-9H,1-2H3. The Balaban J connectivity index is 2.35. The lowest BCUT2D eigenvalue weighted by atomic mass is 10.1. The summed E-state index contributed by atoms with van der Waals surface area (Å²) < 4.78 is 0. The molecule has 0 fully saturated rings. The van der Waals surface area contributed by atoms with Gasteiger partial charge in [0.05, 0.1) is 5.69 Å². The second-order valence-corrected chi connectivity index (χ2v) is 4.24. The molecule has 0 saturated carbocycles. The number of rotatable bonds is 2. The minimum Gasteiger partial charge on any atom is -0.378 e. The van der Waals surface area contributed by atoms with Gasteiger partial charge < -0.3 is 4.90 Å². The van der Waals surface area contributed by atoms with E-state index in [1.807, 2.05) is 32.3 Å². The van der Waals surface area contributed by atoms with E-state index in [9.17, 15) is 0 Å². The van der Waals surface area contributed by atoms with Crippen molar-refractivity contribution in [2.75, 3.05) is 19.0 Å². The van der Waals surface area contributed by atoms with Crippen molar-refractivity contribution in [2.45, 2.75) is 0 Å². The quantitative estimate of drug-likeness (QED) is 0.788. The highest BCUT2D eigenvalue weighted by Crippen LogP contribution is 2.22. The zero-order chi connectivity index (χ0) is 11.5. The van der Waals surface area contributed by atoms with Crippen LogP contribution in [-0.4, -0.2) is 19.1 Å². The van der Waals surface area contributed by atoms with Gasteiger partial charge in [0.2, 0.25) is 0 Å². The molecular formula is C13H13ClN2. The molecule has 0 bridgehead atoms. The van der Waals surface area contributed by atoms with Crippen LogP contribution in [0.4, 0.5) is 5.69 Å². The lowest BCUT2D eigenvalue weighted by Crippen LogP contribution is -2.07. The van der Waals surface area contributed by atoms with Crippen LogP contribution in [0.25, 0.3) is 11.3 Å². The summed E-state index contributed by atoms with van der Waals surface area (Å²) in [6.07, 6.45) is 1.72. The topological polar surface area (TPSA) is 16.1 Å². The molecule has 3 heteroatoms. The molecule has 1 aromatic carbocycles. The summed E-state index contributed by atoms with van der Waals surface area (Å²) in [6.45, 7) is 0. The largest absolute Gasteiger partial charge is 0.378 e. The number of halogens is 1. The molecule has 1 heterocycles. The molecule has 0 aliphatic heterocycles. The molecule has 0 N–H and O–H groups in total. The maximum absolute atomic E-state index is 5.93. The average molecular weight is 233 g/mol. The zero-order valence-corrected chi connectivity index (χ0v) is 10.1. The van der Waals surface area contributed by atoms with Crippen LogP contribution in [0.5, 0.6) is 0 Å². The van der Waals surface area contributed by atoms with Gasteiger partial charge >= 0.3 is 0 Å². The van der Waals surface area contributed by atoms with Gasteiger partial charge in [-0.25, -0.2) is 0 Å². The van der Waals surface area contributed by atoms with Gasteiger partial charge in [-0.2, -0.15) is 0 Å². The van der Waals surface area contributed by atoms with E-state index in [2.05, 4.69) is 22.0 Å². The van der Waals surface area contributed by atoms with Gasteiger partial charge in [-0.05, 0) is 24.3 Å². The third kappa shape index (κ3) is 2.34. The Morgan fingerprint density at radius 2 is 1.75 bits per heavy atom. The van der Waals surface area contributed by atoms with Crippen LogP contribution in [0.1, 0.15) is 0 Å². The summed E-state index contributed by atoms with van der Waals surface area (Å²) in [7, 11) is 4.04. The molecule has 0 radical (unpaired) electrons. The first kappa shape index (κ1) is 11.0. The molecule has 0 amide bonds. The molecule has 0 atom stereocenters. The Hall–Kier alpha value is -1.54. The third-order valence-corrected chi connectivity index (χ3v) is 2.64. The van der Waals surface area contributed by atoms with E-state index >= 15 is 0 Å². The average Bonchev–Trinajstić information content (AvgIpc) is 2.29. The number of anilines is 1. The van der Waals surface area contributed by atoms with E-state index in [1.165, 1.54) is 5.69 Å². The SMILES string of the molecule is CN(C)c1ccc(-c2cc(Cl)ccn2)cc1. The smallest absolute Gasteiger partial charge is 0.0716 e. The molecular weight excluding hydrogens is 220 g/mol. The highest BCUT2D eigenvalue weighted by molar-refractivity contribution is 6.30. The predicted octanol–water partition coefficient (Wildman–Crippen LogP) is 3.47. The molecule has 0 unspecified atom stereocenters. The van der Waals surface area contributed by atoms with Crippen LogP contribution in [0.15, 0.2) is 42.6 Å². The van der Waals surface area contributed by atoms with Gasteiger partial charge in [-0.1, -0.05) is 23.7 Å². The normalized spacial score (nSPS) is 10.2. The summed E-state index contributed by atoms with van der Waals surface area (Å²) in [6, 6.07) is 11.9. The summed E-state index contributed by atoms with van der Waals surface area (Å²) in [5.74, 6) is 0. The fourth-order valence-electron chi connectivity index (χ4n) is 1.49. The van der Waals surface area contributed by atoms with Crippen molar-refractivity contribution in [1.82, 2.24) is 4.98 Å². The van der Waals surface area contributed by atoms with E-state index in [0.717, 1.165) is 11.3 Å². The Morgan fingerprint density at radius 3 is 2.31 bits per heavy atom. The minimum absolute atomic E-state index is 0.710. The molecule has 16 heavy (non-hydrogen) atoms. The van der Waals surface area contributed by atoms with Gasteiger partial charge in [0.15, 0.2) is 0 Å². The minimum atomic E-state index is 0.710. The van der Waals surface area contributed by atoms with Crippen molar-refractivity contribution in [3.05, 3.63) is 47.6 Å². The highest BCUT2D eigenvalue weighted by Gasteiger charge is 2.00. The summed E-state index contributed by atoms with van der Waals surface area (Å²) in [5, 5.41) is 0.710. The van der Waals surface area contributed by atoms with Crippen molar-refractivity contribution < 1.29 is 0 Å². The number of pyridine rings is 1. The Morgan fingerprint density at radius 1 is 1.06 bits per heavy atom. The molecule has 0 spiro atoms. The van der Waals surface area contributed by atoms with Crippen LogP contribution in [0.2, 0.25) is 5.02 Å². The van der Waals surface area contributed by atoms with Crippen LogP contribution in [-0.2, 0) is 0 Å². The van der Waals surface area contributed by atoms with Crippen molar-refractivity contribution in [1.29, 1.82) is 0 Å². The number of hydrogen-bond acceptors (Lipinski definition) is 2. The van der Waals surface area contributed by atoms with Crippen molar-refractivity contribution in [3.63, 3.8) is 0 Å². The zero-order valence-electron chi connectivity index (χ0n) is 9.31. The highest BCUT2D eigenvalue weighted by atomic mass is 35.5. The molecule has 82 valence electrons. The van der Waals surface area contributed by atoms with E-state index < -0.39 is 0 Å². The molecule has 0 saturated heterocycles. The van der Waals surface area contributed by atoms with Crippen LogP contribution >= 0.6 is 11.6 Å². The number of hydrogen-bond donors (Lipinski definition) is 0. The Labute approximate surface area is 101 Å². The maximum atomic E-state index is 5.93. The van der Waals surface area contributed by atoms with Crippen LogP contribution in [0.3, 0.4) is 0 Å². The molecule has 0 aliphatic carbocycles. The van der Waals surface area contributed by atoms with E-state index in [4.69, 9.17) is 11.6 Å². The van der Waals surface area contributed by atoms with Crippen molar-refractivity contribution in [3.8, 4) is 11.3 Å². The van der Waals surface area contributed by atoms with Gasteiger partial charge in [0.1, 0.15) is 0 Å². The predicted molar refractivity (Wildman–Crippen MR) is 69.0 cm³/mol. The monoisotopic (exact) mass is 232 g/mol. The molecule has 2 rings (SSSR count). The van der Waals surface area contributed by atoms with Crippen molar-refractivity contribution in [2.24, 2.45) is 0 Å². The Kier molecular flexibility index (Phi) is 3.11. The lowest BCUT2D eigenvalue weighted by molar-refractivity contribution is 1.13. The van der Waals surface area contributed by atoms with Gasteiger partial charge in [0, 0.05) is 36.6 Å². The van der Waals surface area contributed by atoms with E-state index in [1.54, 1.807) is 12.3 Å². The summed E-state index contributed by atoms with van der Waals surface area (Å²) in [4.78, 5) is 6.35. The first-order valence-corrected chi connectivity index (χ1v) is 5.44. The summed E-state index contributed by atoms with van der Waals surface area (Å²) in [5.41, 5.74) is 3.15. The molecule has 2 nitrogen and oxygen atoms in total. The first-order valence-electron chi connectivity index (χ1n) is 5.06. The number of aromatic nitrogens is 1. The van der Waals surface area contributed by atoms with Crippen molar-refractivity contribution >= 4 is 17.3 Å². The summed E-state index contributed by atoms with van der Waals surface area (Å²) >= 11 is 5.93. The molecule has 2 aromatic rings. The fraction of sp³-hybridized carbons (Fsp3) is 0.154. The first-order chi connectivity index (χ1) is 7.66. The van der Waals surface area contributed by atoms with Gasteiger partial charge in [-0.15, -0.1) is 0 Å². The number of nitrogens with zero attached hydrogens (tertiary/aromatic N) is 2.